The average molecular weight is 487 g/mol. The minimum absolute atomic E-state index is 0.0862. The van der Waals surface area contributed by atoms with Gasteiger partial charge in [0.15, 0.2) is 5.76 Å². The van der Waals surface area contributed by atoms with E-state index in [1.807, 2.05) is 24.3 Å². The molecule has 0 spiro atoms. The van der Waals surface area contributed by atoms with Crippen molar-refractivity contribution in [1.29, 1.82) is 0 Å². The highest BCUT2D eigenvalue weighted by Crippen LogP contribution is 2.40. The van der Waals surface area contributed by atoms with Crippen molar-refractivity contribution >= 4 is 33.9 Å². The van der Waals surface area contributed by atoms with Gasteiger partial charge in [0.1, 0.15) is 11.5 Å². The molecule has 0 aromatic heterocycles. The Morgan fingerprint density at radius 2 is 2.00 bits per heavy atom. The number of nitrogens with zero attached hydrogens (tertiary/aromatic N) is 2. The highest BCUT2D eigenvalue weighted by Gasteiger charge is 2.32. The zero-order chi connectivity index (χ0) is 22.0. The second-order valence-corrected chi connectivity index (χ2v) is 8.31. The number of ether oxygens (including phenoxy) is 2. The Bertz CT molecular complexity index is 1040. The number of aromatic hydroxyl groups is 1. The first-order valence-electron chi connectivity index (χ1n) is 10.1. The number of amides is 1. The first-order chi connectivity index (χ1) is 15.0. The smallest absolute Gasteiger partial charge is 0.409 e. The number of halogens is 1. The van der Waals surface area contributed by atoms with Gasteiger partial charge in [0, 0.05) is 37.2 Å². The SMILES string of the molecule is CCOC(=O)N1CCN(Cc2c(O)ccc3c2O/C(=C\c2cccc(Br)c2)C3=O)CC1. The van der Waals surface area contributed by atoms with E-state index >= 15 is 0 Å². The second kappa shape index (κ2) is 9.11. The Kier molecular flexibility index (Phi) is 6.29. The lowest BCUT2D eigenvalue weighted by Crippen LogP contribution is -2.48. The first-order valence-corrected chi connectivity index (χ1v) is 10.9. The summed E-state index contributed by atoms with van der Waals surface area (Å²) in [5.41, 5.74) is 1.86. The van der Waals surface area contributed by atoms with Crippen molar-refractivity contribution in [3.05, 3.63) is 63.3 Å². The fourth-order valence-corrected chi connectivity index (χ4v) is 4.14. The van der Waals surface area contributed by atoms with Crippen molar-refractivity contribution in [2.75, 3.05) is 32.8 Å². The molecular formula is C23H23BrN2O5. The van der Waals surface area contributed by atoms with Crippen LogP contribution in [0.2, 0.25) is 0 Å². The van der Waals surface area contributed by atoms with Crippen LogP contribution in [0.1, 0.15) is 28.4 Å². The largest absolute Gasteiger partial charge is 0.507 e. The molecule has 1 saturated heterocycles. The zero-order valence-corrected chi connectivity index (χ0v) is 18.7. The van der Waals surface area contributed by atoms with Crippen LogP contribution in [-0.2, 0) is 11.3 Å². The van der Waals surface area contributed by atoms with Crippen LogP contribution in [0.5, 0.6) is 11.5 Å². The summed E-state index contributed by atoms with van der Waals surface area (Å²) in [5.74, 6) is 0.512. The quantitative estimate of drug-likeness (QED) is 0.656. The van der Waals surface area contributed by atoms with Gasteiger partial charge < -0.3 is 19.5 Å². The molecule has 2 aliphatic rings. The number of ketones is 1. The van der Waals surface area contributed by atoms with E-state index in [0.717, 1.165) is 10.0 Å². The number of benzene rings is 2. The summed E-state index contributed by atoms with van der Waals surface area (Å²) in [6.07, 6.45) is 1.40. The summed E-state index contributed by atoms with van der Waals surface area (Å²) >= 11 is 3.43. The van der Waals surface area contributed by atoms with Gasteiger partial charge in [-0.2, -0.15) is 0 Å². The van der Waals surface area contributed by atoms with Crippen molar-refractivity contribution in [1.82, 2.24) is 9.80 Å². The number of Topliss-reactive ketones (excluding diaryl/α,β-unsaturated/α-hetero) is 1. The predicted molar refractivity (Wildman–Crippen MR) is 119 cm³/mol. The van der Waals surface area contributed by atoms with Gasteiger partial charge in [0.2, 0.25) is 5.78 Å². The summed E-state index contributed by atoms with van der Waals surface area (Å²) in [6, 6.07) is 10.7. The van der Waals surface area contributed by atoms with Crippen molar-refractivity contribution in [2.45, 2.75) is 13.5 Å². The summed E-state index contributed by atoms with van der Waals surface area (Å²) in [4.78, 5) is 28.5. The maximum absolute atomic E-state index is 12.9. The Hall–Kier alpha value is -2.84. The average Bonchev–Trinajstić information content (AvgIpc) is 3.06. The topological polar surface area (TPSA) is 79.3 Å². The van der Waals surface area contributed by atoms with Crippen LogP contribution in [0.25, 0.3) is 6.08 Å². The fourth-order valence-electron chi connectivity index (χ4n) is 3.72. The van der Waals surface area contributed by atoms with Crippen LogP contribution in [0.4, 0.5) is 4.79 Å². The molecule has 7 nitrogen and oxygen atoms in total. The van der Waals surface area contributed by atoms with Crippen LogP contribution in [-0.4, -0.2) is 59.6 Å². The molecule has 0 atom stereocenters. The second-order valence-electron chi connectivity index (χ2n) is 7.40. The third-order valence-corrected chi connectivity index (χ3v) is 5.84. The van der Waals surface area contributed by atoms with Crippen LogP contribution in [0.3, 0.4) is 0 Å². The summed E-state index contributed by atoms with van der Waals surface area (Å²) in [6.45, 7) is 4.92. The molecule has 2 aromatic rings. The van der Waals surface area contributed by atoms with Crippen molar-refractivity contribution in [3.8, 4) is 11.5 Å². The van der Waals surface area contributed by atoms with E-state index in [-0.39, 0.29) is 23.4 Å². The molecule has 31 heavy (non-hydrogen) atoms. The number of fused-ring (bicyclic) bond motifs is 1. The molecule has 4 rings (SSSR count). The summed E-state index contributed by atoms with van der Waals surface area (Å²) < 4.78 is 11.9. The molecule has 0 saturated carbocycles. The highest BCUT2D eigenvalue weighted by atomic mass is 79.9. The lowest BCUT2D eigenvalue weighted by atomic mass is 10.0. The van der Waals surface area contributed by atoms with E-state index in [1.54, 1.807) is 24.0 Å². The van der Waals surface area contributed by atoms with Crippen molar-refractivity contribution in [2.24, 2.45) is 0 Å². The van der Waals surface area contributed by atoms with Gasteiger partial charge in [-0.25, -0.2) is 4.79 Å². The summed E-state index contributed by atoms with van der Waals surface area (Å²) in [5, 5.41) is 10.5. The van der Waals surface area contributed by atoms with Crippen molar-refractivity contribution in [3.63, 3.8) is 0 Å². The number of piperazine rings is 1. The third-order valence-electron chi connectivity index (χ3n) is 5.34. The molecule has 0 bridgehead atoms. The van der Waals surface area contributed by atoms with Gasteiger partial charge >= 0.3 is 6.09 Å². The van der Waals surface area contributed by atoms with Gasteiger partial charge in [-0.1, -0.05) is 28.1 Å². The molecule has 1 amide bonds. The van der Waals surface area contributed by atoms with Crippen LogP contribution < -0.4 is 4.74 Å². The number of carbonyl (C=O) groups excluding carboxylic acids is 2. The molecule has 0 radical (unpaired) electrons. The number of allylic oxidation sites excluding steroid dienone is 1. The molecule has 8 heteroatoms. The Balaban J connectivity index is 1.51. The predicted octanol–water partition coefficient (Wildman–Crippen LogP) is 4.05. The van der Waals surface area contributed by atoms with Crippen molar-refractivity contribution < 1.29 is 24.2 Å². The zero-order valence-electron chi connectivity index (χ0n) is 17.1. The Morgan fingerprint density at radius 3 is 2.71 bits per heavy atom. The maximum atomic E-state index is 12.9. The lowest BCUT2D eigenvalue weighted by Gasteiger charge is -2.34. The summed E-state index contributed by atoms with van der Waals surface area (Å²) in [7, 11) is 0. The highest BCUT2D eigenvalue weighted by molar-refractivity contribution is 9.10. The molecule has 2 heterocycles. The Labute approximate surface area is 189 Å². The van der Waals surface area contributed by atoms with Crippen LogP contribution in [0, 0.1) is 0 Å². The maximum Gasteiger partial charge on any atom is 0.409 e. The number of hydrogen-bond acceptors (Lipinski definition) is 6. The van der Waals surface area contributed by atoms with Gasteiger partial charge in [0.05, 0.1) is 17.7 Å². The van der Waals surface area contributed by atoms with Gasteiger partial charge in [-0.15, -0.1) is 0 Å². The van der Waals surface area contributed by atoms with Gasteiger partial charge in [-0.05, 0) is 42.8 Å². The molecule has 0 unspecified atom stereocenters. The number of rotatable bonds is 4. The van der Waals surface area contributed by atoms with E-state index in [0.29, 0.717) is 56.2 Å². The van der Waals surface area contributed by atoms with E-state index in [1.165, 1.54) is 6.07 Å². The minimum atomic E-state index is -0.304. The molecule has 2 aliphatic heterocycles. The van der Waals surface area contributed by atoms with E-state index in [2.05, 4.69) is 20.8 Å². The van der Waals surface area contributed by atoms with E-state index in [4.69, 9.17) is 9.47 Å². The third kappa shape index (κ3) is 4.60. The number of carbonyl (C=O) groups is 2. The number of hydrogen-bond donors (Lipinski definition) is 1. The minimum Gasteiger partial charge on any atom is -0.507 e. The number of phenolic OH excluding ortho intramolecular Hbond substituents is 1. The molecular weight excluding hydrogens is 464 g/mol. The number of phenols is 1. The first kappa shape index (κ1) is 21.4. The molecule has 1 fully saturated rings. The van der Waals surface area contributed by atoms with Crippen LogP contribution >= 0.6 is 15.9 Å². The molecule has 1 N–H and O–H groups in total. The monoisotopic (exact) mass is 486 g/mol. The van der Waals surface area contributed by atoms with E-state index in [9.17, 15) is 14.7 Å². The molecule has 162 valence electrons. The lowest BCUT2D eigenvalue weighted by molar-refractivity contribution is 0.0774. The fraction of sp³-hybridized carbons (Fsp3) is 0.304. The normalized spacial score (nSPS) is 17.5. The van der Waals surface area contributed by atoms with Gasteiger partial charge in [0.25, 0.3) is 0 Å². The van der Waals surface area contributed by atoms with Gasteiger partial charge in [-0.3, -0.25) is 9.69 Å². The molecule has 2 aromatic carbocycles. The molecule has 0 aliphatic carbocycles. The standard InChI is InChI=1S/C23H23BrN2O5/c1-2-30-23(29)26-10-8-25(9-11-26)14-18-19(27)7-6-17-21(28)20(31-22(17)18)13-15-4-3-5-16(24)12-15/h3-7,12-13,27H,2,8-11,14H2,1H3/b20-13-. The Morgan fingerprint density at radius 1 is 1.23 bits per heavy atom. The van der Waals surface area contributed by atoms with E-state index < -0.39 is 0 Å². The van der Waals surface area contributed by atoms with Crippen LogP contribution in [0.15, 0.2) is 46.6 Å².